The van der Waals surface area contributed by atoms with Crippen molar-refractivity contribution in [2.24, 2.45) is 0 Å². The number of aromatic nitrogens is 3. The van der Waals surface area contributed by atoms with Gasteiger partial charge in [-0.1, -0.05) is 5.21 Å². The van der Waals surface area contributed by atoms with Crippen molar-refractivity contribution in [3.05, 3.63) is 39.5 Å². The van der Waals surface area contributed by atoms with Crippen LogP contribution >= 0.6 is 22.6 Å². The topological polar surface area (TPSA) is 50.9 Å². The predicted molar refractivity (Wildman–Crippen MR) is 64.8 cm³/mol. The molecule has 0 amide bonds. The van der Waals surface area contributed by atoms with Crippen LogP contribution in [0.1, 0.15) is 5.69 Å². The first-order valence-electron chi connectivity index (χ1n) is 4.68. The normalized spacial score (nSPS) is 10.7. The summed E-state index contributed by atoms with van der Waals surface area (Å²) in [4.78, 5) is 0. The molecular weight excluding hydrogens is 324 g/mol. The Balaban J connectivity index is 2.35. The number of rotatable bonds is 3. The minimum atomic E-state index is -0.274. The number of hydrogen-bond acceptors (Lipinski definition) is 3. The van der Waals surface area contributed by atoms with Crippen LogP contribution in [-0.4, -0.2) is 26.7 Å². The summed E-state index contributed by atoms with van der Waals surface area (Å²) in [6.07, 6.45) is 2.20. The third kappa shape index (κ3) is 2.38. The highest BCUT2D eigenvalue weighted by Gasteiger charge is 2.06. The zero-order valence-electron chi connectivity index (χ0n) is 8.27. The largest absolute Gasteiger partial charge is 0.396 e. The summed E-state index contributed by atoms with van der Waals surface area (Å²) < 4.78 is 15.2. The third-order valence-electron chi connectivity index (χ3n) is 2.07. The van der Waals surface area contributed by atoms with Crippen molar-refractivity contribution >= 4 is 22.6 Å². The Kier molecular flexibility index (Phi) is 3.49. The highest BCUT2D eigenvalue weighted by molar-refractivity contribution is 14.1. The first-order chi connectivity index (χ1) is 7.70. The maximum atomic E-state index is 12.9. The van der Waals surface area contributed by atoms with E-state index in [9.17, 15) is 4.39 Å². The Labute approximate surface area is 105 Å². The van der Waals surface area contributed by atoms with E-state index in [1.807, 2.05) is 22.6 Å². The van der Waals surface area contributed by atoms with Crippen LogP contribution in [0.3, 0.4) is 0 Å². The van der Waals surface area contributed by atoms with Crippen LogP contribution in [0.4, 0.5) is 4.39 Å². The van der Waals surface area contributed by atoms with Crippen LogP contribution in [0.15, 0.2) is 24.4 Å². The molecule has 16 heavy (non-hydrogen) atoms. The van der Waals surface area contributed by atoms with Crippen molar-refractivity contribution in [2.45, 2.75) is 6.42 Å². The molecule has 0 spiro atoms. The summed E-state index contributed by atoms with van der Waals surface area (Å²) in [7, 11) is 0. The molecule has 0 aliphatic heterocycles. The fourth-order valence-electron chi connectivity index (χ4n) is 1.31. The molecule has 2 rings (SSSR count). The van der Waals surface area contributed by atoms with Crippen LogP contribution in [0.2, 0.25) is 0 Å². The number of aliphatic hydroxyl groups excluding tert-OH is 1. The smallest absolute Gasteiger partial charge is 0.124 e. The third-order valence-corrected chi connectivity index (χ3v) is 2.93. The van der Waals surface area contributed by atoms with Gasteiger partial charge in [-0.15, -0.1) is 5.10 Å². The van der Waals surface area contributed by atoms with Crippen LogP contribution in [-0.2, 0) is 6.42 Å². The van der Waals surface area contributed by atoms with Crippen molar-refractivity contribution in [1.82, 2.24) is 15.0 Å². The maximum Gasteiger partial charge on any atom is 0.124 e. The van der Waals surface area contributed by atoms with E-state index in [1.165, 1.54) is 12.1 Å². The molecule has 0 radical (unpaired) electrons. The molecule has 0 saturated heterocycles. The summed E-state index contributed by atoms with van der Waals surface area (Å²) in [6, 6.07) is 4.46. The van der Waals surface area contributed by atoms with Crippen molar-refractivity contribution in [2.75, 3.05) is 6.61 Å². The molecule has 0 aliphatic carbocycles. The molecular formula is C10H9FIN3O. The highest BCUT2D eigenvalue weighted by Crippen LogP contribution is 2.17. The average Bonchev–Trinajstić information content (AvgIpc) is 2.67. The van der Waals surface area contributed by atoms with E-state index in [0.29, 0.717) is 12.1 Å². The summed E-state index contributed by atoms with van der Waals surface area (Å²) in [5.41, 5.74) is 1.49. The molecule has 1 N–H and O–H groups in total. The lowest BCUT2D eigenvalue weighted by atomic mass is 10.3. The Morgan fingerprint density at radius 3 is 2.94 bits per heavy atom. The molecule has 0 unspecified atom stereocenters. The predicted octanol–water partition coefficient (Wildman–Crippen LogP) is 1.55. The van der Waals surface area contributed by atoms with Crippen molar-refractivity contribution in [3.8, 4) is 5.69 Å². The summed E-state index contributed by atoms with van der Waals surface area (Å²) in [6.45, 7) is 0.0409. The van der Waals surface area contributed by atoms with Gasteiger partial charge >= 0.3 is 0 Å². The molecule has 4 nitrogen and oxygen atoms in total. The Hall–Kier alpha value is -1.02. The lowest BCUT2D eigenvalue weighted by Gasteiger charge is -2.02. The number of aliphatic hydroxyl groups is 1. The van der Waals surface area contributed by atoms with Gasteiger partial charge in [0.15, 0.2) is 0 Å². The summed E-state index contributed by atoms with van der Waals surface area (Å²) in [5.74, 6) is -0.274. The Morgan fingerprint density at radius 1 is 1.44 bits per heavy atom. The minimum Gasteiger partial charge on any atom is -0.396 e. The van der Waals surface area contributed by atoms with Crippen LogP contribution in [0.25, 0.3) is 5.69 Å². The number of halogens is 2. The molecule has 84 valence electrons. The highest BCUT2D eigenvalue weighted by atomic mass is 127. The van der Waals surface area contributed by atoms with Crippen LogP contribution in [0, 0.1) is 9.39 Å². The quantitative estimate of drug-likeness (QED) is 0.867. The molecule has 1 aromatic carbocycles. The zero-order valence-corrected chi connectivity index (χ0v) is 10.4. The summed E-state index contributed by atoms with van der Waals surface area (Å²) >= 11 is 2.04. The van der Waals surface area contributed by atoms with E-state index in [-0.39, 0.29) is 12.4 Å². The fourth-order valence-corrected chi connectivity index (χ4v) is 2.04. The first-order valence-corrected chi connectivity index (χ1v) is 5.76. The van der Waals surface area contributed by atoms with Crippen molar-refractivity contribution in [1.29, 1.82) is 0 Å². The van der Waals surface area contributed by atoms with Gasteiger partial charge in [-0.2, -0.15) is 0 Å². The maximum absolute atomic E-state index is 12.9. The first kappa shape index (κ1) is 11.5. The molecule has 2 aromatic rings. The average molecular weight is 333 g/mol. The van der Waals surface area contributed by atoms with E-state index < -0.39 is 0 Å². The van der Waals surface area contributed by atoms with E-state index >= 15 is 0 Å². The second-order valence-corrected chi connectivity index (χ2v) is 4.39. The standard InChI is InChI=1S/C10H9FIN3O/c11-7-1-2-10(9(12)5-7)15-6-8(3-4-16)13-14-15/h1-2,5-6,16H,3-4H2. The van der Waals surface area contributed by atoms with Gasteiger partial charge in [-0.25, -0.2) is 9.07 Å². The van der Waals surface area contributed by atoms with Crippen LogP contribution in [0.5, 0.6) is 0 Å². The van der Waals surface area contributed by atoms with Gasteiger partial charge in [0.05, 0.1) is 17.6 Å². The lowest BCUT2D eigenvalue weighted by molar-refractivity contribution is 0.298. The van der Waals surface area contributed by atoms with E-state index in [4.69, 9.17) is 5.11 Å². The van der Waals surface area contributed by atoms with Gasteiger partial charge in [0.1, 0.15) is 5.82 Å². The molecule has 0 aliphatic rings. The SMILES string of the molecule is OCCc1cn(-c2ccc(F)cc2I)nn1. The van der Waals surface area contributed by atoms with E-state index in [2.05, 4.69) is 10.3 Å². The number of hydrogen-bond donors (Lipinski definition) is 1. The van der Waals surface area contributed by atoms with E-state index in [0.717, 1.165) is 9.26 Å². The molecule has 6 heteroatoms. The van der Waals surface area contributed by atoms with Gasteiger partial charge in [0.2, 0.25) is 0 Å². The fraction of sp³-hybridized carbons (Fsp3) is 0.200. The van der Waals surface area contributed by atoms with Gasteiger partial charge in [0, 0.05) is 16.6 Å². The second kappa shape index (κ2) is 4.88. The monoisotopic (exact) mass is 333 g/mol. The summed E-state index contributed by atoms with van der Waals surface area (Å²) in [5, 5.41) is 16.6. The molecule has 0 bridgehead atoms. The number of benzene rings is 1. The Morgan fingerprint density at radius 2 is 2.25 bits per heavy atom. The van der Waals surface area contributed by atoms with E-state index in [1.54, 1.807) is 16.9 Å². The van der Waals surface area contributed by atoms with Crippen molar-refractivity contribution < 1.29 is 9.50 Å². The van der Waals surface area contributed by atoms with Gasteiger partial charge < -0.3 is 5.11 Å². The van der Waals surface area contributed by atoms with Crippen molar-refractivity contribution in [3.63, 3.8) is 0 Å². The van der Waals surface area contributed by atoms with Gasteiger partial charge in [0.25, 0.3) is 0 Å². The van der Waals surface area contributed by atoms with Crippen LogP contribution < -0.4 is 0 Å². The lowest BCUT2D eigenvalue weighted by Crippen LogP contribution is -1.98. The molecule has 1 aromatic heterocycles. The zero-order chi connectivity index (χ0) is 11.5. The second-order valence-electron chi connectivity index (χ2n) is 3.22. The Bertz CT molecular complexity index is 501. The molecule has 1 heterocycles. The molecule has 0 atom stereocenters. The van der Waals surface area contributed by atoms with Gasteiger partial charge in [-0.3, -0.25) is 0 Å². The molecule has 0 saturated carbocycles. The number of nitrogens with zero attached hydrogens (tertiary/aromatic N) is 3. The minimum absolute atomic E-state index is 0.0409. The molecule has 0 fully saturated rings. The van der Waals surface area contributed by atoms with Gasteiger partial charge in [-0.05, 0) is 40.8 Å².